The largest absolute Gasteiger partial charge is 0.507 e. The molecule has 292 valence electrons. The molecular formula is C39H57N5O9. The average Bonchev–Trinajstić information content (AvgIpc) is 3.12. The number of amides is 2. The molecule has 4 rings (SSSR count). The number of rotatable bonds is 15. The van der Waals surface area contributed by atoms with Crippen LogP contribution in [0.3, 0.4) is 0 Å². The Morgan fingerprint density at radius 1 is 0.698 bits per heavy atom. The van der Waals surface area contributed by atoms with Crippen LogP contribution in [0.5, 0.6) is 11.5 Å². The molecule has 0 heterocycles. The summed E-state index contributed by atoms with van der Waals surface area (Å²) in [6.07, 6.45) is 2.21. The van der Waals surface area contributed by atoms with Crippen molar-refractivity contribution >= 4 is 45.3 Å². The number of methoxy groups -OCH3 is 1. The summed E-state index contributed by atoms with van der Waals surface area (Å²) in [6, 6.07) is 20.0. The fourth-order valence-electron chi connectivity index (χ4n) is 5.01. The lowest BCUT2D eigenvalue weighted by Gasteiger charge is -2.17. The van der Waals surface area contributed by atoms with Crippen molar-refractivity contribution in [1.82, 2.24) is 20.6 Å². The van der Waals surface area contributed by atoms with Crippen LogP contribution in [-0.2, 0) is 14.3 Å². The highest BCUT2D eigenvalue weighted by molar-refractivity contribution is 6.08. The molecule has 0 fully saturated rings. The Balaban J connectivity index is 0.000000822. The molecule has 8 N–H and O–H groups in total. The molecule has 0 atom stereocenters. The number of benzene rings is 4. The number of nitrogens with zero attached hydrogens (tertiary/aromatic N) is 2. The van der Waals surface area contributed by atoms with E-state index in [2.05, 4.69) is 15.0 Å². The van der Waals surface area contributed by atoms with E-state index < -0.39 is 11.9 Å². The summed E-state index contributed by atoms with van der Waals surface area (Å²) < 4.78 is 4.51. The third-order valence-electron chi connectivity index (χ3n) is 7.78. The molecule has 14 nitrogen and oxygen atoms in total. The number of esters is 1. The predicted octanol–water partition coefficient (Wildman–Crippen LogP) is 4.84. The molecule has 0 aliphatic carbocycles. The Hall–Kier alpha value is -5.28. The molecule has 0 saturated carbocycles. The van der Waals surface area contributed by atoms with Gasteiger partial charge in [-0.15, -0.1) is 0 Å². The number of nitrogens with one attached hydrogen (secondary N) is 2. The molecule has 0 aliphatic heterocycles. The molecule has 0 aliphatic rings. The summed E-state index contributed by atoms with van der Waals surface area (Å²) in [5.74, 6) is -1.47. The first-order chi connectivity index (χ1) is 24.4. The lowest BCUT2D eigenvalue weighted by Crippen LogP contribution is -2.33. The summed E-state index contributed by atoms with van der Waals surface area (Å²) in [5, 5.41) is 42.0. The number of hydrogen-bond donors (Lipinski definition) is 7. The minimum atomic E-state index is -0.985. The second kappa shape index (κ2) is 25.6. The van der Waals surface area contributed by atoms with Gasteiger partial charge in [-0.1, -0.05) is 63.4 Å². The van der Waals surface area contributed by atoms with Crippen LogP contribution in [0.25, 0.3) is 21.5 Å². The van der Waals surface area contributed by atoms with E-state index in [1.165, 1.54) is 25.3 Å². The molecule has 4 aromatic rings. The van der Waals surface area contributed by atoms with Crippen molar-refractivity contribution in [2.75, 3.05) is 60.5 Å². The zero-order valence-electron chi connectivity index (χ0n) is 29.3. The molecule has 14 heteroatoms. The maximum absolute atomic E-state index is 12.4. The van der Waals surface area contributed by atoms with Gasteiger partial charge in [0, 0.05) is 55.4 Å². The van der Waals surface area contributed by atoms with Gasteiger partial charge in [0.15, 0.2) is 0 Å². The van der Waals surface area contributed by atoms with E-state index >= 15 is 0 Å². The lowest BCUT2D eigenvalue weighted by atomic mass is 10.0. The first kappa shape index (κ1) is 47.7. The van der Waals surface area contributed by atoms with E-state index in [0.29, 0.717) is 66.1 Å². The van der Waals surface area contributed by atoms with Gasteiger partial charge in [0.05, 0.1) is 12.7 Å². The molecular weight excluding hydrogens is 682 g/mol. The summed E-state index contributed by atoms with van der Waals surface area (Å²) in [6.45, 7) is 4.23. The van der Waals surface area contributed by atoms with Crippen molar-refractivity contribution in [3.63, 3.8) is 0 Å². The average molecular weight is 740 g/mol. The minimum absolute atomic E-state index is 0. The standard InChI is InChI=1S/C18H23N3O4.C11H8O3.C8H18N2O2.2CH4/c1-21(11-4-7-17(23)20-25)12-10-19-18(24)15-8-9-16(22)14-6-3-2-5-13(14)15;12-10-6-5-9(11(13)14)7-3-1-2-4-8(7)10;1-10(7-5-9)6-3-4-8(11)12-2;;/h2-3,5-6,8-9,22,25H,4,7,10-12H2,1H3,(H,19,24)(H,20,23);1-6,12H,(H,13,14);3-7,9H2,1-2H3;2*1H4. The van der Waals surface area contributed by atoms with Crippen LogP contribution in [0, 0.1) is 0 Å². The summed E-state index contributed by atoms with van der Waals surface area (Å²) in [4.78, 5) is 49.0. The van der Waals surface area contributed by atoms with Crippen molar-refractivity contribution in [3.8, 4) is 11.5 Å². The number of likely N-dealkylation sites (N-methyl/N-ethyl adjacent to an activating group) is 2. The number of hydroxylamine groups is 1. The van der Waals surface area contributed by atoms with Crippen LogP contribution in [0.2, 0.25) is 0 Å². The molecule has 0 saturated heterocycles. The highest BCUT2D eigenvalue weighted by Crippen LogP contribution is 2.28. The fourth-order valence-corrected chi connectivity index (χ4v) is 5.01. The topological polar surface area (TPSA) is 215 Å². The van der Waals surface area contributed by atoms with Crippen LogP contribution in [0.1, 0.15) is 61.3 Å². The van der Waals surface area contributed by atoms with Gasteiger partial charge >= 0.3 is 11.9 Å². The van der Waals surface area contributed by atoms with Gasteiger partial charge in [-0.2, -0.15) is 0 Å². The smallest absolute Gasteiger partial charge is 0.336 e. The first-order valence-electron chi connectivity index (χ1n) is 16.4. The Kier molecular flexibility index (Phi) is 23.1. The zero-order chi connectivity index (χ0) is 37.8. The van der Waals surface area contributed by atoms with Gasteiger partial charge in [0.1, 0.15) is 11.5 Å². The Bertz CT molecular complexity index is 1730. The van der Waals surface area contributed by atoms with E-state index in [1.54, 1.807) is 41.9 Å². The maximum atomic E-state index is 12.4. The zero-order valence-corrected chi connectivity index (χ0v) is 29.3. The van der Waals surface area contributed by atoms with Crippen LogP contribution < -0.4 is 16.5 Å². The number of phenols is 2. The SMILES string of the molecule is C.C.CN(CCCC(=O)NO)CCNC(=O)c1ccc(O)c2ccccc12.COC(=O)CCCN(C)CCN.O=C(O)c1ccc(O)c2ccccc12. The lowest BCUT2D eigenvalue weighted by molar-refractivity contribution is -0.140. The van der Waals surface area contributed by atoms with Crippen LogP contribution in [0.4, 0.5) is 0 Å². The fraction of sp³-hybridized carbons (Fsp3) is 0.385. The number of carbonyl (C=O) groups excluding carboxylic acids is 3. The van der Waals surface area contributed by atoms with Gasteiger partial charge in [0.25, 0.3) is 5.91 Å². The monoisotopic (exact) mass is 739 g/mol. The number of aromatic hydroxyl groups is 2. The van der Waals surface area contributed by atoms with Gasteiger partial charge < -0.3 is 40.9 Å². The normalized spacial score (nSPS) is 10.2. The Morgan fingerprint density at radius 2 is 1.17 bits per heavy atom. The molecule has 0 spiro atoms. The number of fused-ring (bicyclic) bond motifs is 2. The highest BCUT2D eigenvalue weighted by atomic mass is 16.5. The molecule has 0 bridgehead atoms. The van der Waals surface area contributed by atoms with E-state index in [0.717, 1.165) is 19.5 Å². The second-order valence-corrected chi connectivity index (χ2v) is 11.6. The minimum Gasteiger partial charge on any atom is -0.507 e. The van der Waals surface area contributed by atoms with Crippen LogP contribution in [0.15, 0.2) is 72.8 Å². The quantitative estimate of drug-likeness (QED) is 0.0496. The number of ether oxygens (including phenoxy) is 1. The predicted molar refractivity (Wildman–Crippen MR) is 208 cm³/mol. The van der Waals surface area contributed by atoms with Crippen molar-refractivity contribution in [2.24, 2.45) is 5.73 Å². The van der Waals surface area contributed by atoms with E-state index in [1.807, 2.05) is 37.2 Å². The number of hydrogen-bond acceptors (Lipinski definition) is 11. The summed E-state index contributed by atoms with van der Waals surface area (Å²) in [7, 11) is 5.30. The molecule has 0 radical (unpaired) electrons. The Labute approximate surface area is 312 Å². The number of carboxylic acids is 1. The van der Waals surface area contributed by atoms with E-state index in [9.17, 15) is 29.4 Å². The molecule has 4 aromatic carbocycles. The third-order valence-corrected chi connectivity index (χ3v) is 7.78. The first-order valence-corrected chi connectivity index (χ1v) is 16.4. The second-order valence-electron chi connectivity index (χ2n) is 11.6. The molecule has 0 unspecified atom stereocenters. The van der Waals surface area contributed by atoms with E-state index in [4.69, 9.17) is 16.0 Å². The van der Waals surface area contributed by atoms with Gasteiger partial charge in [-0.05, 0) is 75.1 Å². The Morgan fingerprint density at radius 3 is 1.66 bits per heavy atom. The van der Waals surface area contributed by atoms with E-state index in [-0.39, 0.29) is 50.2 Å². The molecule has 2 amide bonds. The highest BCUT2D eigenvalue weighted by Gasteiger charge is 2.12. The number of nitrogens with two attached hydrogens (primary N) is 1. The van der Waals surface area contributed by atoms with Gasteiger partial charge in [0.2, 0.25) is 5.91 Å². The third kappa shape index (κ3) is 16.3. The van der Waals surface area contributed by atoms with Gasteiger partial charge in [-0.3, -0.25) is 19.6 Å². The van der Waals surface area contributed by atoms with Crippen molar-refractivity contribution in [2.45, 2.75) is 40.5 Å². The van der Waals surface area contributed by atoms with Crippen molar-refractivity contribution < 1.29 is 44.4 Å². The number of aromatic carboxylic acids is 1. The molecule has 0 aromatic heterocycles. The van der Waals surface area contributed by atoms with Gasteiger partial charge in [-0.25, -0.2) is 10.3 Å². The van der Waals surface area contributed by atoms with Crippen molar-refractivity contribution in [3.05, 3.63) is 83.9 Å². The number of carbonyl (C=O) groups is 4. The summed E-state index contributed by atoms with van der Waals surface area (Å²) >= 11 is 0. The molecule has 53 heavy (non-hydrogen) atoms. The van der Waals surface area contributed by atoms with Crippen LogP contribution >= 0.6 is 0 Å². The number of phenolic OH excluding ortho intramolecular Hbond substituents is 2. The maximum Gasteiger partial charge on any atom is 0.336 e. The number of carboxylic acid groups (broad SMARTS) is 1. The summed E-state index contributed by atoms with van der Waals surface area (Å²) in [5.41, 5.74) is 7.69. The van der Waals surface area contributed by atoms with Crippen molar-refractivity contribution in [1.29, 1.82) is 0 Å². The van der Waals surface area contributed by atoms with Crippen LogP contribution in [-0.4, -0.2) is 115 Å².